The summed E-state index contributed by atoms with van der Waals surface area (Å²) in [6.07, 6.45) is 1.48. The van der Waals surface area contributed by atoms with Crippen LogP contribution in [0, 0.1) is 5.92 Å². The van der Waals surface area contributed by atoms with Crippen LogP contribution < -0.4 is 10.5 Å². The average molecular weight is 205 g/mol. The molecule has 15 heavy (non-hydrogen) atoms. The first kappa shape index (κ1) is 10.5. The van der Waals surface area contributed by atoms with E-state index in [1.54, 1.807) is 0 Å². The monoisotopic (exact) mass is 205 g/mol. The Balaban J connectivity index is 2.06. The maximum Gasteiger partial charge on any atom is 0.119 e. The van der Waals surface area contributed by atoms with Gasteiger partial charge in [-0.1, -0.05) is 12.1 Å². The van der Waals surface area contributed by atoms with Gasteiger partial charge < -0.3 is 10.5 Å². The minimum absolute atomic E-state index is 0.241. The van der Waals surface area contributed by atoms with Crippen molar-refractivity contribution in [2.24, 2.45) is 11.7 Å². The molecule has 0 radical (unpaired) electrons. The predicted octanol–water partition coefficient (Wildman–Crippen LogP) is 2.54. The average Bonchev–Trinajstić information content (AvgIpc) is 2.96. The fourth-order valence-corrected chi connectivity index (χ4v) is 2.01. The lowest BCUT2D eigenvalue weighted by atomic mass is 10.1. The first-order valence-electron chi connectivity index (χ1n) is 5.67. The topological polar surface area (TPSA) is 35.2 Å². The van der Waals surface area contributed by atoms with Crippen LogP contribution in [0.25, 0.3) is 0 Å². The highest BCUT2D eigenvalue weighted by atomic mass is 16.5. The van der Waals surface area contributed by atoms with E-state index in [0.29, 0.717) is 11.8 Å². The Labute approximate surface area is 91.4 Å². The SMILES string of the molecule is CC(C)Oc1cccc(C2CC2CN)c1. The molecular formula is C13H19NO. The highest BCUT2D eigenvalue weighted by molar-refractivity contribution is 5.34. The standard InChI is InChI=1S/C13H19NO/c1-9(2)15-12-5-3-4-10(6-12)13-7-11(13)8-14/h3-6,9,11,13H,7-8,14H2,1-2H3. The highest BCUT2D eigenvalue weighted by Gasteiger charge is 2.36. The number of rotatable bonds is 4. The Hall–Kier alpha value is -1.02. The van der Waals surface area contributed by atoms with E-state index in [1.807, 2.05) is 19.9 Å². The fraction of sp³-hybridized carbons (Fsp3) is 0.538. The van der Waals surface area contributed by atoms with E-state index in [2.05, 4.69) is 18.2 Å². The summed E-state index contributed by atoms with van der Waals surface area (Å²) in [7, 11) is 0. The van der Waals surface area contributed by atoms with Crippen LogP contribution in [-0.4, -0.2) is 12.6 Å². The van der Waals surface area contributed by atoms with Crippen LogP contribution in [0.2, 0.25) is 0 Å². The van der Waals surface area contributed by atoms with E-state index in [9.17, 15) is 0 Å². The number of benzene rings is 1. The van der Waals surface area contributed by atoms with Gasteiger partial charge in [-0.05, 0) is 56.3 Å². The molecule has 1 aliphatic carbocycles. The van der Waals surface area contributed by atoms with Crippen LogP contribution in [0.1, 0.15) is 31.7 Å². The number of hydrogen-bond donors (Lipinski definition) is 1. The number of hydrogen-bond acceptors (Lipinski definition) is 2. The van der Waals surface area contributed by atoms with Gasteiger partial charge in [-0.3, -0.25) is 0 Å². The zero-order valence-corrected chi connectivity index (χ0v) is 9.44. The fourth-order valence-electron chi connectivity index (χ4n) is 2.01. The minimum Gasteiger partial charge on any atom is -0.491 e. The lowest BCUT2D eigenvalue weighted by Crippen LogP contribution is -2.06. The molecule has 0 bridgehead atoms. The summed E-state index contributed by atoms with van der Waals surface area (Å²) in [5, 5.41) is 0. The number of ether oxygens (including phenoxy) is 1. The summed E-state index contributed by atoms with van der Waals surface area (Å²) >= 11 is 0. The molecule has 0 saturated heterocycles. The van der Waals surface area contributed by atoms with Gasteiger partial charge in [0.25, 0.3) is 0 Å². The van der Waals surface area contributed by atoms with Crippen molar-refractivity contribution in [3.63, 3.8) is 0 Å². The van der Waals surface area contributed by atoms with Crippen LogP contribution in [0.3, 0.4) is 0 Å². The van der Waals surface area contributed by atoms with E-state index in [4.69, 9.17) is 10.5 Å². The molecule has 0 spiro atoms. The summed E-state index contributed by atoms with van der Waals surface area (Å²) in [4.78, 5) is 0. The molecule has 82 valence electrons. The van der Waals surface area contributed by atoms with Crippen molar-refractivity contribution in [1.82, 2.24) is 0 Å². The molecule has 2 heteroatoms. The minimum atomic E-state index is 0.241. The quantitative estimate of drug-likeness (QED) is 0.819. The van der Waals surface area contributed by atoms with Gasteiger partial charge in [0.15, 0.2) is 0 Å². The second-order valence-corrected chi connectivity index (χ2v) is 4.58. The lowest BCUT2D eigenvalue weighted by molar-refractivity contribution is 0.242. The van der Waals surface area contributed by atoms with Gasteiger partial charge in [-0.15, -0.1) is 0 Å². The Morgan fingerprint density at radius 2 is 2.27 bits per heavy atom. The third kappa shape index (κ3) is 2.51. The Kier molecular flexibility index (Phi) is 2.96. The largest absolute Gasteiger partial charge is 0.491 e. The molecule has 2 unspecified atom stereocenters. The van der Waals surface area contributed by atoms with E-state index in [-0.39, 0.29) is 6.10 Å². The van der Waals surface area contributed by atoms with Crippen LogP contribution in [0.15, 0.2) is 24.3 Å². The first-order chi connectivity index (χ1) is 7.20. The third-order valence-corrected chi connectivity index (χ3v) is 2.88. The zero-order chi connectivity index (χ0) is 10.8. The van der Waals surface area contributed by atoms with E-state index < -0.39 is 0 Å². The second kappa shape index (κ2) is 4.23. The zero-order valence-electron chi connectivity index (χ0n) is 9.44. The van der Waals surface area contributed by atoms with Crippen molar-refractivity contribution in [2.45, 2.75) is 32.3 Å². The van der Waals surface area contributed by atoms with Crippen LogP contribution in [0.4, 0.5) is 0 Å². The molecule has 1 aromatic rings. The molecule has 1 saturated carbocycles. The molecule has 0 heterocycles. The van der Waals surface area contributed by atoms with Gasteiger partial charge in [-0.2, -0.15) is 0 Å². The molecule has 1 aliphatic rings. The van der Waals surface area contributed by atoms with Gasteiger partial charge in [0.1, 0.15) is 5.75 Å². The van der Waals surface area contributed by atoms with Crippen molar-refractivity contribution >= 4 is 0 Å². The van der Waals surface area contributed by atoms with Crippen molar-refractivity contribution in [2.75, 3.05) is 6.54 Å². The molecule has 0 aromatic heterocycles. The maximum absolute atomic E-state index is 5.67. The molecule has 1 fully saturated rings. The van der Waals surface area contributed by atoms with Gasteiger partial charge in [0.05, 0.1) is 6.10 Å². The highest BCUT2D eigenvalue weighted by Crippen LogP contribution is 2.47. The Morgan fingerprint density at radius 3 is 2.87 bits per heavy atom. The molecule has 0 amide bonds. The smallest absolute Gasteiger partial charge is 0.119 e. The van der Waals surface area contributed by atoms with Crippen molar-refractivity contribution < 1.29 is 4.74 Å². The molecule has 0 aliphatic heterocycles. The van der Waals surface area contributed by atoms with Crippen molar-refractivity contribution in [1.29, 1.82) is 0 Å². The molecule has 2 rings (SSSR count). The Morgan fingerprint density at radius 1 is 1.47 bits per heavy atom. The molecule has 2 N–H and O–H groups in total. The molecule has 1 aromatic carbocycles. The summed E-state index contributed by atoms with van der Waals surface area (Å²) < 4.78 is 5.67. The summed E-state index contributed by atoms with van der Waals surface area (Å²) in [5.41, 5.74) is 7.03. The van der Waals surface area contributed by atoms with Crippen LogP contribution in [0.5, 0.6) is 5.75 Å². The maximum atomic E-state index is 5.67. The van der Waals surface area contributed by atoms with Crippen LogP contribution >= 0.6 is 0 Å². The summed E-state index contributed by atoms with van der Waals surface area (Å²) in [6, 6.07) is 8.41. The van der Waals surface area contributed by atoms with Gasteiger partial charge in [0.2, 0.25) is 0 Å². The molecule has 2 atom stereocenters. The van der Waals surface area contributed by atoms with Gasteiger partial charge in [-0.25, -0.2) is 0 Å². The van der Waals surface area contributed by atoms with Gasteiger partial charge >= 0.3 is 0 Å². The van der Waals surface area contributed by atoms with E-state index in [1.165, 1.54) is 12.0 Å². The lowest BCUT2D eigenvalue weighted by Gasteiger charge is -2.10. The van der Waals surface area contributed by atoms with Crippen molar-refractivity contribution in [3.8, 4) is 5.75 Å². The Bertz CT molecular complexity index is 335. The first-order valence-corrected chi connectivity index (χ1v) is 5.67. The third-order valence-electron chi connectivity index (χ3n) is 2.88. The van der Waals surface area contributed by atoms with Crippen LogP contribution in [-0.2, 0) is 0 Å². The van der Waals surface area contributed by atoms with E-state index in [0.717, 1.165) is 12.3 Å². The van der Waals surface area contributed by atoms with E-state index >= 15 is 0 Å². The van der Waals surface area contributed by atoms with Crippen molar-refractivity contribution in [3.05, 3.63) is 29.8 Å². The summed E-state index contributed by atoms with van der Waals surface area (Å²) in [6.45, 7) is 4.90. The normalized spacial score (nSPS) is 24.3. The van der Waals surface area contributed by atoms with Gasteiger partial charge in [0, 0.05) is 0 Å². The predicted molar refractivity (Wildman–Crippen MR) is 62.1 cm³/mol. The molecular weight excluding hydrogens is 186 g/mol. The summed E-state index contributed by atoms with van der Waals surface area (Å²) in [5.74, 6) is 2.34. The number of nitrogens with two attached hydrogens (primary N) is 1. The molecule has 2 nitrogen and oxygen atoms in total. The second-order valence-electron chi connectivity index (χ2n) is 4.58.